The number of nitrogens with one attached hydrogen (secondary N) is 1. The molecule has 1 saturated heterocycles. The predicted octanol–water partition coefficient (Wildman–Crippen LogP) is 2.02. The lowest BCUT2D eigenvalue weighted by atomic mass is 9.89. The first-order valence-corrected chi connectivity index (χ1v) is 7.38. The number of morpholine rings is 1. The van der Waals surface area contributed by atoms with E-state index in [0.717, 1.165) is 31.8 Å². The van der Waals surface area contributed by atoms with Gasteiger partial charge in [0.05, 0.1) is 13.2 Å². The summed E-state index contributed by atoms with van der Waals surface area (Å²) in [5.41, 5.74) is 0. The van der Waals surface area contributed by atoms with Gasteiger partial charge < -0.3 is 10.1 Å². The number of rotatable bonds is 4. The number of hydrogen-bond acceptors (Lipinski definition) is 3. The van der Waals surface area contributed by atoms with E-state index < -0.39 is 0 Å². The maximum absolute atomic E-state index is 5.54. The fraction of sp³-hybridized carbons (Fsp3) is 1.00. The third-order valence-corrected chi connectivity index (χ3v) is 4.22. The van der Waals surface area contributed by atoms with Crippen LogP contribution >= 0.6 is 0 Å². The summed E-state index contributed by atoms with van der Waals surface area (Å²) in [4.78, 5) is 2.68. The zero-order valence-electron chi connectivity index (χ0n) is 11.5. The third-order valence-electron chi connectivity index (χ3n) is 4.22. The molecule has 3 atom stereocenters. The summed E-state index contributed by atoms with van der Waals surface area (Å²) >= 11 is 0. The van der Waals surface area contributed by atoms with Crippen molar-refractivity contribution in [3.8, 4) is 0 Å². The lowest BCUT2D eigenvalue weighted by Crippen LogP contribution is -2.52. The molecule has 0 aromatic heterocycles. The molecule has 0 amide bonds. The van der Waals surface area contributed by atoms with Crippen LogP contribution in [0, 0.1) is 0 Å². The molecule has 17 heavy (non-hydrogen) atoms. The average Bonchev–Trinajstić information content (AvgIpc) is 2.37. The van der Waals surface area contributed by atoms with Crippen LogP contribution in [0.5, 0.6) is 0 Å². The van der Waals surface area contributed by atoms with Gasteiger partial charge in [-0.15, -0.1) is 0 Å². The van der Waals surface area contributed by atoms with Gasteiger partial charge in [-0.2, -0.15) is 0 Å². The Labute approximate surface area is 106 Å². The molecule has 0 spiro atoms. The fourth-order valence-electron chi connectivity index (χ4n) is 3.28. The van der Waals surface area contributed by atoms with Gasteiger partial charge in [0.2, 0.25) is 0 Å². The van der Waals surface area contributed by atoms with Crippen molar-refractivity contribution in [1.29, 1.82) is 0 Å². The highest BCUT2D eigenvalue weighted by molar-refractivity contribution is 4.87. The molecule has 0 bridgehead atoms. The first kappa shape index (κ1) is 13.3. The zero-order valence-corrected chi connectivity index (χ0v) is 11.5. The Balaban J connectivity index is 1.83. The molecule has 3 heteroatoms. The lowest BCUT2D eigenvalue weighted by Gasteiger charge is -2.43. The summed E-state index contributed by atoms with van der Waals surface area (Å²) in [5.74, 6) is 0. The van der Waals surface area contributed by atoms with Gasteiger partial charge >= 0.3 is 0 Å². The highest BCUT2D eigenvalue weighted by atomic mass is 16.5. The molecule has 1 aliphatic carbocycles. The minimum absolute atomic E-state index is 0.610. The van der Waals surface area contributed by atoms with Crippen LogP contribution in [0.15, 0.2) is 0 Å². The van der Waals surface area contributed by atoms with Crippen LogP contribution in [0.4, 0.5) is 0 Å². The van der Waals surface area contributed by atoms with Crippen molar-refractivity contribution in [2.45, 2.75) is 64.1 Å². The fourth-order valence-corrected chi connectivity index (χ4v) is 3.28. The number of hydrogen-bond donors (Lipinski definition) is 1. The van der Waals surface area contributed by atoms with Crippen molar-refractivity contribution < 1.29 is 4.74 Å². The molecular formula is C14H28N2O. The van der Waals surface area contributed by atoms with E-state index in [4.69, 9.17) is 4.74 Å². The Morgan fingerprint density at radius 1 is 1.35 bits per heavy atom. The maximum atomic E-state index is 5.54. The molecule has 0 aromatic rings. The van der Waals surface area contributed by atoms with Crippen molar-refractivity contribution in [3.63, 3.8) is 0 Å². The normalized spacial score (nSPS) is 36.0. The van der Waals surface area contributed by atoms with E-state index in [1.165, 1.54) is 38.6 Å². The van der Waals surface area contributed by atoms with Crippen LogP contribution in [-0.2, 0) is 4.74 Å². The van der Waals surface area contributed by atoms with Crippen LogP contribution in [0.3, 0.4) is 0 Å². The van der Waals surface area contributed by atoms with Gasteiger partial charge in [0.15, 0.2) is 0 Å². The van der Waals surface area contributed by atoms with Gasteiger partial charge in [0.25, 0.3) is 0 Å². The third kappa shape index (κ3) is 3.67. The van der Waals surface area contributed by atoms with Crippen LogP contribution < -0.4 is 5.32 Å². The molecule has 2 aliphatic rings. The van der Waals surface area contributed by atoms with Crippen LogP contribution in [-0.4, -0.2) is 49.3 Å². The molecule has 0 aromatic carbocycles. The predicted molar refractivity (Wildman–Crippen MR) is 71.3 cm³/mol. The van der Waals surface area contributed by atoms with E-state index in [0.29, 0.717) is 6.04 Å². The second-order valence-electron chi connectivity index (χ2n) is 5.63. The Bertz CT molecular complexity index is 222. The van der Waals surface area contributed by atoms with Crippen molar-refractivity contribution in [2.75, 3.05) is 26.3 Å². The summed E-state index contributed by atoms with van der Waals surface area (Å²) in [6, 6.07) is 2.15. The molecule has 2 rings (SSSR count). The van der Waals surface area contributed by atoms with Crippen molar-refractivity contribution in [1.82, 2.24) is 10.2 Å². The molecule has 100 valence electrons. The molecule has 1 N–H and O–H groups in total. The van der Waals surface area contributed by atoms with E-state index in [1.807, 2.05) is 0 Å². The molecule has 2 fully saturated rings. The monoisotopic (exact) mass is 240 g/mol. The quantitative estimate of drug-likeness (QED) is 0.813. The first-order valence-electron chi connectivity index (χ1n) is 7.38. The van der Waals surface area contributed by atoms with Gasteiger partial charge in [0.1, 0.15) is 0 Å². The topological polar surface area (TPSA) is 24.5 Å². The Morgan fingerprint density at radius 3 is 3.00 bits per heavy atom. The van der Waals surface area contributed by atoms with E-state index in [9.17, 15) is 0 Å². The Kier molecular flexibility index (Phi) is 5.26. The van der Waals surface area contributed by atoms with Gasteiger partial charge in [-0.05, 0) is 39.2 Å². The summed E-state index contributed by atoms with van der Waals surface area (Å²) in [6.45, 7) is 8.71. The molecule has 3 nitrogen and oxygen atoms in total. The van der Waals surface area contributed by atoms with Gasteiger partial charge in [-0.3, -0.25) is 4.90 Å². The SMILES string of the molecule is CCCNC1CCCC(N2CCOCC2C)C1. The highest BCUT2D eigenvalue weighted by Gasteiger charge is 2.30. The maximum Gasteiger partial charge on any atom is 0.0619 e. The van der Waals surface area contributed by atoms with Crippen molar-refractivity contribution in [3.05, 3.63) is 0 Å². The van der Waals surface area contributed by atoms with Gasteiger partial charge in [0, 0.05) is 24.7 Å². The molecular weight excluding hydrogens is 212 g/mol. The Hall–Kier alpha value is -0.120. The number of nitrogens with zero attached hydrogens (tertiary/aromatic N) is 1. The second-order valence-corrected chi connectivity index (χ2v) is 5.63. The van der Waals surface area contributed by atoms with E-state index in [2.05, 4.69) is 24.1 Å². The molecule has 1 saturated carbocycles. The van der Waals surface area contributed by atoms with E-state index >= 15 is 0 Å². The zero-order chi connectivity index (χ0) is 12.1. The van der Waals surface area contributed by atoms with E-state index in [-0.39, 0.29) is 0 Å². The molecule has 1 heterocycles. The van der Waals surface area contributed by atoms with Crippen LogP contribution in [0.1, 0.15) is 46.0 Å². The average molecular weight is 240 g/mol. The summed E-state index contributed by atoms with van der Waals surface area (Å²) in [7, 11) is 0. The number of ether oxygens (including phenoxy) is 1. The minimum Gasteiger partial charge on any atom is -0.379 e. The van der Waals surface area contributed by atoms with Crippen molar-refractivity contribution >= 4 is 0 Å². The summed E-state index contributed by atoms with van der Waals surface area (Å²) < 4.78 is 5.54. The highest BCUT2D eigenvalue weighted by Crippen LogP contribution is 2.25. The standard InChI is InChI=1S/C14H28N2O/c1-3-7-15-13-5-4-6-14(10-13)16-8-9-17-11-12(16)2/h12-15H,3-11H2,1-2H3. The molecule has 1 aliphatic heterocycles. The summed E-state index contributed by atoms with van der Waals surface area (Å²) in [5, 5.41) is 3.70. The second kappa shape index (κ2) is 6.72. The largest absolute Gasteiger partial charge is 0.379 e. The Morgan fingerprint density at radius 2 is 2.24 bits per heavy atom. The molecule has 3 unspecified atom stereocenters. The van der Waals surface area contributed by atoms with Gasteiger partial charge in [-0.1, -0.05) is 13.3 Å². The minimum atomic E-state index is 0.610. The van der Waals surface area contributed by atoms with Crippen molar-refractivity contribution in [2.24, 2.45) is 0 Å². The smallest absolute Gasteiger partial charge is 0.0619 e. The van der Waals surface area contributed by atoms with E-state index in [1.54, 1.807) is 0 Å². The first-order chi connectivity index (χ1) is 8.31. The van der Waals surface area contributed by atoms with Crippen LogP contribution in [0.2, 0.25) is 0 Å². The summed E-state index contributed by atoms with van der Waals surface area (Å²) in [6.07, 6.45) is 6.72. The van der Waals surface area contributed by atoms with Crippen LogP contribution in [0.25, 0.3) is 0 Å². The van der Waals surface area contributed by atoms with Gasteiger partial charge in [-0.25, -0.2) is 0 Å². The lowest BCUT2D eigenvalue weighted by molar-refractivity contribution is -0.0316. The molecule has 0 radical (unpaired) electrons.